The lowest BCUT2D eigenvalue weighted by molar-refractivity contribution is -0.134. The van der Waals surface area contributed by atoms with Crippen LogP contribution in [0.4, 0.5) is 0 Å². The first kappa shape index (κ1) is 20.4. The van der Waals surface area contributed by atoms with Crippen molar-refractivity contribution in [2.75, 3.05) is 19.6 Å². The molecule has 1 aromatic heterocycles. The third-order valence-electron chi connectivity index (χ3n) is 4.69. The van der Waals surface area contributed by atoms with E-state index in [2.05, 4.69) is 60.3 Å². The summed E-state index contributed by atoms with van der Waals surface area (Å²) in [5.41, 5.74) is 1.80. The second-order valence-corrected chi connectivity index (χ2v) is 8.53. The zero-order valence-corrected chi connectivity index (χ0v) is 16.7. The van der Waals surface area contributed by atoms with Gasteiger partial charge in [-0.05, 0) is 24.9 Å². The molecule has 2 rings (SSSR count). The van der Waals surface area contributed by atoms with Gasteiger partial charge in [0.25, 0.3) is 0 Å². The lowest BCUT2D eigenvalue weighted by Crippen LogP contribution is -2.56. The number of nitrogens with one attached hydrogen (secondary N) is 3. The van der Waals surface area contributed by atoms with Crippen LogP contribution in [0.3, 0.4) is 0 Å². The molecule has 0 bridgehead atoms. The average Bonchev–Trinajstić information content (AvgIpc) is 3.02. The van der Waals surface area contributed by atoms with Crippen LogP contribution in [0.1, 0.15) is 58.8 Å². The molecule has 1 aliphatic rings. The van der Waals surface area contributed by atoms with E-state index in [-0.39, 0.29) is 29.7 Å². The van der Waals surface area contributed by atoms with Crippen molar-refractivity contribution in [1.29, 1.82) is 0 Å². The van der Waals surface area contributed by atoms with Gasteiger partial charge in [0.05, 0.1) is 30.4 Å². The fourth-order valence-corrected chi connectivity index (χ4v) is 2.95. The van der Waals surface area contributed by atoms with Gasteiger partial charge >= 0.3 is 0 Å². The molecule has 0 saturated carbocycles. The summed E-state index contributed by atoms with van der Waals surface area (Å²) < 4.78 is 0. The highest BCUT2D eigenvalue weighted by Crippen LogP contribution is 2.20. The average molecular weight is 364 g/mol. The van der Waals surface area contributed by atoms with Gasteiger partial charge in [0.2, 0.25) is 11.8 Å². The number of aromatic nitrogens is 2. The van der Waals surface area contributed by atoms with E-state index in [1.807, 2.05) is 6.07 Å². The number of carbonyl (C=O) groups excluding carboxylic acids is 2. The molecule has 2 heterocycles. The minimum Gasteiger partial charge on any atom is -0.353 e. The summed E-state index contributed by atoms with van der Waals surface area (Å²) in [5.74, 6) is 0.409. The monoisotopic (exact) mass is 363 g/mol. The van der Waals surface area contributed by atoms with Crippen LogP contribution >= 0.6 is 0 Å². The number of hydrogen-bond donors (Lipinski definition) is 3. The number of nitrogens with zero attached hydrogens (tertiary/aromatic N) is 2. The van der Waals surface area contributed by atoms with E-state index >= 15 is 0 Å². The van der Waals surface area contributed by atoms with Gasteiger partial charge in [-0.25, -0.2) is 0 Å². The van der Waals surface area contributed by atoms with Crippen molar-refractivity contribution in [3.05, 3.63) is 17.5 Å². The molecule has 1 fully saturated rings. The summed E-state index contributed by atoms with van der Waals surface area (Å²) in [7, 11) is 0. The molecule has 1 aromatic rings. The number of piperazine rings is 1. The van der Waals surface area contributed by atoms with Crippen LogP contribution < -0.4 is 10.6 Å². The molecule has 0 spiro atoms. The Morgan fingerprint density at radius 3 is 2.77 bits per heavy atom. The molecule has 3 N–H and O–H groups in total. The maximum atomic E-state index is 12.4. The highest BCUT2D eigenvalue weighted by atomic mass is 16.2. The van der Waals surface area contributed by atoms with Crippen LogP contribution in [0, 0.1) is 5.92 Å². The van der Waals surface area contributed by atoms with Crippen LogP contribution in [0.2, 0.25) is 0 Å². The summed E-state index contributed by atoms with van der Waals surface area (Å²) in [6.07, 6.45) is 1.21. The molecule has 0 unspecified atom stereocenters. The van der Waals surface area contributed by atoms with Gasteiger partial charge in [0.15, 0.2) is 0 Å². The molecule has 7 nitrogen and oxygen atoms in total. The number of carbonyl (C=O) groups is 2. The predicted octanol–water partition coefficient (Wildman–Crippen LogP) is 1.56. The third-order valence-corrected chi connectivity index (χ3v) is 4.69. The number of rotatable bonds is 7. The molecule has 0 aliphatic carbocycles. The van der Waals surface area contributed by atoms with Crippen molar-refractivity contribution in [3.8, 4) is 0 Å². The van der Waals surface area contributed by atoms with Crippen LogP contribution in [-0.4, -0.2) is 52.6 Å². The highest BCUT2D eigenvalue weighted by Gasteiger charge is 2.31. The fourth-order valence-electron chi connectivity index (χ4n) is 2.95. The minimum atomic E-state index is -0.380. The zero-order valence-electron chi connectivity index (χ0n) is 16.7. The lowest BCUT2D eigenvalue weighted by atomic mass is 9.92. The Balaban J connectivity index is 1.88. The minimum absolute atomic E-state index is 0.0319. The first-order valence-corrected chi connectivity index (χ1v) is 9.50. The largest absolute Gasteiger partial charge is 0.353 e. The van der Waals surface area contributed by atoms with Gasteiger partial charge in [-0.2, -0.15) is 5.10 Å². The summed E-state index contributed by atoms with van der Waals surface area (Å²) in [6, 6.07) is 1.59. The molecular formula is C19H33N5O2. The van der Waals surface area contributed by atoms with E-state index in [4.69, 9.17) is 0 Å². The van der Waals surface area contributed by atoms with Crippen molar-refractivity contribution in [1.82, 2.24) is 25.7 Å². The van der Waals surface area contributed by atoms with E-state index < -0.39 is 0 Å². The normalized spacial score (nSPS) is 18.8. The summed E-state index contributed by atoms with van der Waals surface area (Å²) >= 11 is 0. The Bertz CT molecular complexity index is 618. The van der Waals surface area contributed by atoms with Crippen molar-refractivity contribution in [3.63, 3.8) is 0 Å². The van der Waals surface area contributed by atoms with Crippen LogP contribution in [0.25, 0.3) is 0 Å². The third kappa shape index (κ3) is 5.83. The Kier molecular flexibility index (Phi) is 6.81. The summed E-state index contributed by atoms with van der Waals surface area (Å²) in [5, 5.41) is 13.0. The first-order valence-electron chi connectivity index (χ1n) is 9.50. The maximum Gasteiger partial charge on any atom is 0.237 e. The number of aromatic amines is 1. The Morgan fingerprint density at radius 2 is 2.15 bits per heavy atom. The molecule has 1 atom stereocenters. The second kappa shape index (κ2) is 8.66. The summed E-state index contributed by atoms with van der Waals surface area (Å²) in [6.45, 7) is 13.3. The molecule has 26 heavy (non-hydrogen) atoms. The second-order valence-electron chi connectivity index (χ2n) is 8.53. The SMILES string of the molecule is CC(C)CCN1CCNC(=O)[C@@H]1CC(=O)NCc1cc(C(C)(C)C)n[nH]1. The van der Waals surface area contributed by atoms with Crippen molar-refractivity contribution in [2.24, 2.45) is 5.92 Å². The molecule has 146 valence electrons. The molecule has 1 saturated heterocycles. The molecule has 0 aromatic carbocycles. The van der Waals surface area contributed by atoms with Gasteiger partial charge in [-0.1, -0.05) is 34.6 Å². The number of H-pyrrole nitrogens is 1. The van der Waals surface area contributed by atoms with E-state index in [9.17, 15) is 9.59 Å². The maximum absolute atomic E-state index is 12.4. The van der Waals surface area contributed by atoms with Crippen molar-refractivity contribution in [2.45, 2.75) is 65.5 Å². The van der Waals surface area contributed by atoms with E-state index in [0.717, 1.165) is 30.9 Å². The van der Waals surface area contributed by atoms with E-state index in [1.54, 1.807) is 0 Å². The van der Waals surface area contributed by atoms with E-state index in [0.29, 0.717) is 19.0 Å². The lowest BCUT2D eigenvalue weighted by Gasteiger charge is -2.35. The van der Waals surface area contributed by atoms with Gasteiger partial charge in [0, 0.05) is 18.5 Å². The zero-order chi connectivity index (χ0) is 19.3. The van der Waals surface area contributed by atoms with Gasteiger partial charge in [0.1, 0.15) is 0 Å². The van der Waals surface area contributed by atoms with Gasteiger partial charge in [-0.15, -0.1) is 0 Å². The quantitative estimate of drug-likeness (QED) is 0.686. The standard InChI is InChI=1S/C19H33N5O2/c1-13(2)6-8-24-9-7-20-18(26)15(24)11-17(25)21-12-14-10-16(23-22-14)19(3,4)5/h10,13,15H,6-9,11-12H2,1-5H3,(H,20,26)(H,21,25)(H,22,23)/t15-/m0/s1. The van der Waals surface area contributed by atoms with E-state index in [1.165, 1.54) is 0 Å². The van der Waals surface area contributed by atoms with Crippen molar-refractivity contribution < 1.29 is 9.59 Å². The number of amides is 2. The topological polar surface area (TPSA) is 90.1 Å². The molecule has 2 amide bonds. The van der Waals surface area contributed by atoms with Crippen LogP contribution in [0.5, 0.6) is 0 Å². The summed E-state index contributed by atoms with van der Waals surface area (Å²) in [4.78, 5) is 26.7. The Hall–Kier alpha value is -1.89. The molecular weight excluding hydrogens is 330 g/mol. The van der Waals surface area contributed by atoms with Crippen LogP contribution in [0.15, 0.2) is 6.07 Å². The predicted molar refractivity (Wildman–Crippen MR) is 102 cm³/mol. The number of hydrogen-bond acceptors (Lipinski definition) is 4. The first-order chi connectivity index (χ1) is 12.2. The highest BCUT2D eigenvalue weighted by molar-refractivity contribution is 5.88. The molecule has 0 radical (unpaired) electrons. The smallest absolute Gasteiger partial charge is 0.237 e. The van der Waals surface area contributed by atoms with Gasteiger partial charge in [-0.3, -0.25) is 19.6 Å². The van der Waals surface area contributed by atoms with Crippen molar-refractivity contribution >= 4 is 11.8 Å². The van der Waals surface area contributed by atoms with Crippen LogP contribution in [-0.2, 0) is 21.5 Å². The molecule has 7 heteroatoms. The molecule has 1 aliphatic heterocycles. The van der Waals surface area contributed by atoms with Gasteiger partial charge < -0.3 is 10.6 Å². The Morgan fingerprint density at radius 1 is 1.42 bits per heavy atom. The Labute approximate surface area is 156 Å². The fraction of sp³-hybridized carbons (Fsp3) is 0.737.